The largest absolute Gasteiger partial charge is 0.494 e. The van der Waals surface area contributed by atoms with E-state index in [1.807, 2.05) is 0 Å². The minimum Gasteiger partial charge on any atom is -0.494 e. The van der Waals surface area contributed by atoms with Crippen LogP contribution in [0.15, 0.2) is 39.7 Å². The molecule has 0 fully saturated rings. The van der Waals surface area contributed by atoms with Crippen molar-refractivity contribution in [2.45, 2.75) is 20.4 Å². The van der Waals surface area contributed by atoms with Gasteiger partial charge in [-0.3, -0.25) is 23.7 Å². The van der Waals surface area contributed by atoms with Crippen LogP contribution in [0.2, 0.25) is 5.02 Å². The van der Waals surface area contributed by atoms with E-state index in [1.165, 1.54) is 13.0 Å². The average molecular weight is 445 g/mol. The summed E-state index contributed by atoms with van der Waals surface area (Å²) in [5.74, 6) is -3.87. The number of benzene rings is 1. The first-order valence-electron chi connectivity index (χ1n) is 8.88. The molecule has 0 saturated carbocycles. The normalized spacial score (nSPS) is 14.8. The molecule has 0 spiro atoms. The Balaban J connectivity index is 2.18. The van der Waals surface area contributed by atoms with Gasteiger partial charge in [-0.15, -0.1) is 0 Å². The fraction of sp³-hybridized carbons (Fsp3) is 0.150. The molecule has 3 rings (SSSR count). The number of halogens is 1. The molecule has 0 radical (unpaired) electrons. The van der Waals surface area contributed by atoms with Crippen LogP contribution in [0.4, 0.5) is 5.69 Å². The van der Waals surface area contributed by atoms with Crippen molar-refractivity contribution in [3.8, 4) is 5.88 Å². The molecule has 1 aromatic heterocycles. The first-order chi connectivity index (χ1) is 14.5. The molecule has 2 amide bonds. The van der Waals surface area contributed by atoms with Crippen LogP contribution in [0.1, 0.15) is 28.4 Å². The Morgan fingerprint density at radius 2 is 1.81 bits per heavy atom. The zero-order valence-corrected chi connectivity index (χ0v) is 17.2. The Labute approximate surface area is 180 Å². The lowest BCUT2D eigenvalue weighted by atomic mass is 10.00. The van der Waals surface area contributed by atoms with Gasteiger partial charge in [0.1, 0.15) is 12.1 Å². The Morgan fingerprint density at radius 3 is 2.35 bits per heavy atom. The number of nitrogens with two attached hydrogens (primary N) is 1. The number of primary amides is 1. The second kappa shape index (κ2) is 8.07. The number of rotatable bonds is 5. The summed E-state index contributed by atoms with van der Waals surface area (Å²) in [4.78, 5) is 48.8. The smallest absolute Gasteiger partial charge is 0.323 e. The number of hydrazone groups is 1. The molecule has 31 heavy (non-hydrogen) atoms. The van der Waals surface area contributed by atoms with Gasteiger partial charge in [0.05, 0.1) is 17.0 Å². The lowest BCUT2D eigenvalue weighted by molar-refractivity contribution is -0.137. The molecular weight excluding hydrogens is 428 g/mol. The number of hydrogen-bond donors (Lipinski definition) is 3. The van der Waals surface area contributed by atoms with Crippen LogP contribution in [-0.4, -0.2) is 38.3 Å². The third kappa shape index (κ3) is 3.92. The molecule has 1 aliphatic heterocycles. The fourth-order valence-corrected chi connectivity index (χ4v) is 3.30. The summed E-state index contributed by atoms with van der Waals surface area (Å²) in [6.45, 7) is 2.01. The molecule has 160 valence electrons. The Bertz CT molecular complexity index is 1240. The number of hydrogen-bond acceptors (Lipinski definition) is 6. The average Bonchev–Trinajstić information content (AvgIpc) is 2.96. The fourth-order valence-electron chi connectivity index (χ4n) is 3.17. The van der Waals surface area contributed by atoms with Crippen molar-refractivity contribution in [1.29, 1.82) is 0 Å². The van der Waals surface area contributed by atoms with E-state index in [0.29, 0.717) is 15.3 Å². The highest BCUT2D eigenvalue weighted by atomic mass is 35.5. The molecule has 4 N–H and O–H groups in total. The lowest BCUT2D eigenvalue weighted by Crippen LogP contribution is -2.30. The monoisotopic (exact) mass is 444 g/mol. The maximum Gasteiger partial charge on any atom is 0.323 e. The molecule has 2 aromatic rings. The lowest BCUT2D eigenvalue weighted by Gasteiger charge is -2.15. The van der Waals surface area contributed by atoms with Crippen molar-refractivity contribution in [2.75, 3.05) is 5.01 Å². The number of carbonyl (C=O) groups excluding carboxylic acids is 2. The maximum atomic E-state index is 12.9. The molecule has 0 atom stereocenters. The predicted molar refractivity (Wildman–Crippen MR) is 113 cm³/mol. The number of pyridine rings is 1. The first-order valence-corrected chi connectivity index (χ1v) is 9.26. The van der Waals surface area contributed by atoms with E-state index in [1.54, 1.807) is 31.2 Å². The van der Waals surface area contributed by atoms with E-state index in [-0.39, 0.29) is 22.4 Å². The first kappa shape index (κ1) is 21.8. The van der Waals surface area contributed by atoms with Gasteiger partial charge in [0.25, 0.3) is 17.4 Å². The number of carboxylic acids is 1. The summed E-state index contributed by atoms with van der Waals surface area (Å²) in [5.41, 5.74) is 4.63. The van der Waals surface area contributed by atoms with Crippen molar-refractivity contribution in [2.24, 2.45) is 10.8 Å². The summed E-state index contributed by atoms with van der Waals surface area (Å²) in [7, 11) is 0. The van der Waals surface area contributed by atoms with Crippen LogP contribution >= 0.6 is 11.6 Å². The van der Waals surface area contributed by atoms with Crippen LogP contribution in [0.5, 0.6) is 5.88 Å². The molecule has 0 saturated heterocycles. The van der Waals surface area contributed by atoms with Gasteiger partial charge in [-0.05, 0) is 49.8 Å². The van der Waals surface area contributed by atoms with Crippen molar-refractivity contribution in [3.05, 3.63) is 61.9 Å². The molecule has 1 aromatic carbocycles. The highest BCUT2D eigenvalue weighted by Crippen LogP contribution is 2.28. The van der Waals surface area contributed by atoms with Crippen LogP contribution in [-0.2, 0) is 16.1 Å². The van der Waals surface area contributed by atoms with Crippen LogP contribution < -0.4 is 16.3 Å². The van der Waals surface area contributed by atoms with E-state index in [0.717, 1.165) is 5.01 Å². The van der Waals surface area contributed by atoms with E-state index in [9.17, 15) is 24.3 Å². The van der Waals surface area contributed by atoms with Gasteiger partial charge in [0.15, 0.2) is 0 Å². The number of anilines is 1. The van der Waals surface area contributed by atoms with Gasteiger partial charge >= 0.3 is 5.97 Å². The quantitative estimate of drug-likeness (QED) is 0.593. The molecule has 0 aliphatic carbocycles. The van der Waals surface area contributed by atoms with Crippen molar-refractivity contribution < 1.29 is 24.6 Å². The third-order valence-corrected chi connectivity index (χ3v) is 4.95. The summed E-state index contributed by atoms with van der Waals surface area (Å²) in [6, 6.07) is 6.36. The summed E-state index contributed by atoms with van der Waals surface area (Å²) in [6.07, 6.45) is 1.21. The van der Waals surface area contributed by atoms with Crippen molar-refractivity contribution >= 4 is 46.9 Å². The molecule has 0 unspecified atom stereocenters. The number of aliphatic carboxylic acids is 1. The van der Waals surface area contributed by atoms with E-state index < -0.39 is 41.3 Å². The van der Waals surface area contributed by atoms with E-state index >= 15 is 0 Å². The topological polar surface area (TPSA) is 155 Å². The summed E-state index contributed by atoms with van der Waals surface area (Å²) in [5, 5.41) is 25.1. The Hall–Kier alpha value is -3.92. The Morgan fingerprint density at radius 1 is 1.19 bits per heavy atom. The number of aromatic nitrogens is 1. The van der Waals surface area contributed by atoms with Crippen molar-refractivity contribution in [1.82, 2.24) is 4.57 Å². The van der Waals surface area contributed by atoms with Gasteiger partial charge in [-0.1, -0.05) is 11.6 Å². The molecule has 10 nitrogen and oxygen atoms in total. The summed E-state index contributed by atoms with van der Waals surface area (Å²) < 4.78 is 0.505. The zero-order valence-electron chi connectivity index (χ0n) is 16.4. The Kier molecular flexibility index (Phi) is 5.67. The van der Waals surface area contributed by atoms with Crippen molar-refractivity contribution in [3.63, 3.8) is 0 Å². The standard InChI is InChI=1S/C20H17ClN4O6/c1-9-13(18(29)24(8-15(26)27)20(31)16(9)17(22)28)7-14-10(2)23-25(19(14)30)12-5-3-11(21)4-6-12/h3-7,31H,8H2,1-2H3,(H2,22,28)(H,26,27). The second-order valence-electron chi connectivity index (χ2n) is 6.72. The van der Waals surface area contributed by atoms with E-state index in [2.05, 4.69) is 5.10 Å². The van der Waals surface area contributed by atoms with Gasteiger partial charge in [-0.25, -0.2) is 0 Å². The van der Waals surface area contributed by atoms with Gasteiger partial charge in [0.2, 0.25) is 5.88 Å². The molecule has 11 heteroatoms. The number of amides is 2. The van der Waals surface area contributed by atoms with Crippen LogP contribution in [0, 0.1) is 6.92 Å². The minimum atomic E-state index is -1.42. The SMILES string of the molecule is CC1=NN(c2ccc(Cl)cc2)C(=O)C1=Cc1c(C)c(C(N)=O)c(O)n(CC(=O)O)c1=O. The highest BCUT2D eigenvalue weighted by Gasteiger charge is 2.30. The minimum absolute atomic E-state index is 0.00896. The predicted octanol–water partition coefficient (Wildman–Crippen LogP) is 1.51. The molecule has 0 bridgehead atoms. The van der Waals surface area contributed by atoms with Gasteiger partial charge in [-0.2, -0.15) is 10.1 Å². The van der Waals surface area contributed by atoms with Crippen LogP contribution in [0.3, 0.4) is 0 Å². The second-order valence-corrected chi connectivity index (χ2v) is 7.16. The van der Waals surface area contributed by atoms with Gasteiger partial charge < -0.3 is 15.9 Å². The molecule has 1 aliphatic rings. The zero-order chi connectivity index (χ0) is 23.0. The van der Waals surface area contributed by atoms with Gasteiger partial charge in [0, 0.05) is 10.6 Å². The summed E-state index contributed by atoms with van der Waals surface area (Å²) >= 11 is 5.87. The van der Waals surface area contributed by atoms with E-state index in [4.69, 9.17) is 22.4 Å². The number of carboxylic acid groups (broad SMARTS) is 1. The maximum absolute atomic E-state index is 12.9. The van der Waals surface area contributed by atoms with Crippen LogP contribution in [0.25, 0.3) is 6.08 Å². The number of nitrogens with zero attached hydrogens (tertiary/aromatic N) is 3. The number of carbonyl (C=O) groups is 3. The molecular formula is C20H17ClN4O6. The third-order valence-electron chi connectivity index (χ3n) is 4.70. The highest BCUT2D eigenvalue weighted by molar-refractivity contribution is 6.32. The molecule has 2 heterocycles. The number of aromatic hydroxyl groups is 1.